The summed E-state index contributed by atoms with van der Waals surface area (Å²) < 4.78 is 11.9. The molecule has 3 fully saturated rings. The van der Waals surface area contributed by atoms with E-state index in [0.717, 1.165) is 25.7 Å². The summed E-state index contributed by atoms with van der Waals surface area (Å²) in [6, 6.07) is -0.804. The van der Waals surface area contributed by atoms with Crippen LogP contribution in [0.4, 0.5) is 0 Å². The smallest absolute Gasteiger partial charge is 0.312 e. The van der Waals surface area contributed by atoms with E-state index in [9.17, 15) is 19.5 Å². The number of aliphatic hydroxyl groups excluding tert-OH is 1. The molecule has 3 heterocycles. The maximum absolute atomic E-state index is 13.9. The lowest BCUT2D eigenvalue weighted by atomic mass is 9.70. The topological polar surface area (TPSA) is 96.4 Å². The molecular formula is C26H40N2O6. The van der Waals surface area contributed by atoms with Crippen LogP contribution in [0.2, 0.25) is 0 Å². The molecule has 0 aliphatic carbocycles. The second-order valence-electron chi connectivity index (χ2n) is 9.54. The van der Waals surface area contributed by atoms with Crippen molar-refractivity contribution < 1.29 is 29.0 Å². The van der Waals surface area contributed by atoms with Crippen LogP contribution < -0.4 is 0 Å². The molecule has 2 bridgehead atoms. The van der Waals surface area contributed by atoms with Gasteiger partial charge < -0.3 is 24.4 Å². The Morgan fingerprint density at radius 2 is 2.06 bits per heavy atom. The minimum absolute atomic E-state index is 0.0898. The molecule has 3 saturated heterocycles. The fraction of sp³-hybridized carbons (Fsp3) is 0.731. The van der Waals surface area contributed by atoms with Gasteiger partial charge in [-0.1, -0.05) is 31.9 Å². The Morgan fingerprint density at radius 1 is 1.26 bits per heavy atom. The molecule has 3 aliphatic heterocycles. The van der Waals surface area contributed by atoms with Crippen molar-refractivity contribution in [2.75, 3.05) is 32.8 Å². The second-order valence-corrected chi connectivity index (χ2v) is 9.54. The molecule has 5 atom stereocenters. The van der Waals surface area contributed by atoms with E-state index in [2.05, 4.69) is 20.1 Å². The van der Waals surface area contributed by atoms with E-state index in [-0.39, 0.29) is 31.6 Å². The number of allylic oxidation sites excluding steroid dienone is 1. The third-order valence-electron chi connectivity index (χ3n) is 7.35. The molecule has 2 unspecified atom stereocenters. The van der Waals surface area contributed by atoms with Gasteiger partial charge in [-0.25, -0.2) is 0 Å². The minimum Gasteiger partial charge on any atom is -0.465 e. The predicted octanol–water partition coefficient (Wildman–Crippen LogP) is 2.46. The molecule has 3 aliphatic rings. The number of ether oxygens (including phenoxy) is 2. The zero-order valence-electron chi connectivity index (χ0n) is 20.5. The molecule has 8 heteroatoms. The lowest BCUT2D eigenvalue weighted by molar-refractivity contribution is -0.155. The number of unbranched alkanes of at least 4 members (excludes halogenated alkanes) is 3. The summed E-state index contributed by atoms with van der Waals surface area (Å²) in [5.41, 5.74) is -1.02. The Hall–Kier alpha value is -2.19. The lowest BCUT2D eigenvalue weighted by Gasteiger charge is -2.36. The van der Waals surface area contributed by atoms with E-state index < -0.39 is 35.6 Å². The van der Waals surface area contributed by atoms with Gasteiger partial charge in [0.2, 0.25) is 11.8 Å². The zero-order valence-corrected chi connectivity index (χ0v) is 20.5. The number of aliphatic hydroxyl groups is 1. The first kappa shape index (κ1) is 26.4. The van der Waals surface area contributed by atoms with Crippen molar-refractivity contribution >= 4 is 17.8 Å². The Kier molecular flexibility index (Phi) is 9.31. The van der Waals surface area contributed by atoms with Crippen molar-refractivity contribution in [2.24, 2.45) is 11.8 Å². The van der Waals surface area contributed by atoms with Crippen LogP contribution in [0.3, 0.4) is 0 Å². The SMILES string of the molecule is C=CCCCOC(=O)[C@@H]1[C@@H]2CCC3(O2)C(C(=O)N(CC=C)CCCCC)N(CCCO)C(=O)[C@H]13. The highest BCUT2D eigenvalue weighted by molar-refractivity contribution is 5.98. The first-order chi connectivity index (χ1) is 16.5. The number of fused-ring (bicyclic) bond motifs is 1. The van der Waals surface area contributed by atoms with Crippen molar-refractivity contribution in [3.05, 3.63) is 25.3 Å². The van der Waals surface area contributed by atoms with E-state index >= 15 is 0 Å². The van der Waals surface area contributed by atoms with Gasteiger partial charge in [0.05, 0.1) is 24.5 Å². The number of nitrogens with zero attached hydrogens (tertiary/aromatic N) is 2. The molecule has 2 amide bonds. The van der Waals surface area contributed by atoms with E-state index in [1.807, 2.05) is 0 Å². The van der Waals surface area contributed by atoms with Crippen molar-refractivity contribution in [1.29, 1.82) is 0 Å². The molecule has 1 spiro atoms. The average Bonchev–Trinajstić information content (AvgIpc) is 3.47. The summed E-state index contributed by atoms with van der Waals surface area (Å²) in [6.07, 6.45) is 8.91. The number of likely N-dealkylation sites (tertiary alicyclic amines) is 1. The maximum atomic E-state index is 13.9. The molecular weight excluding hydrogens is 436 g/mol. The molecule has 190 valence electrons. The number of esters is 1. The summed E-state index contributed by atoms with van der Waals surface area (Å²) in [4.78, 5) is 43.9. The van der Waals surface area contributed by atoms with Gasteiger partial charge in [0.15, 0.2) is 0 Å². The normalized spacial score (nSPS) is 29.2. The molecule has 3 rings (SSSR count). The van der Waals surface area contributed by atoms with Crippen LogP contribution in [0.15, 0.2) is 25.3 Å². The van der Waals surface area contributed by atoms with Gasteiger partial charge in [0.25, 0.3) is 0 Å². The molecule has 8 nitrogen and oxygen atoms in total. The van der Waals surface area contributed by atoms with Crippen LogP contribution in [0.1, 0.15) is 58.3 Å². The van der Waals surface area contributed by atoms with Gasteiger partial charge in [-0.05, 0) is 38.5 Å². The Morgan fingerprint density at radius 3 is 2.74 bits per heavy atom. The summed E-state index contributed by atoms with van der Waals surface area (Å²) in [6.45, 7) is 11.0. The number of rotatable bonds is 15. The molecule has 0 aromatic rings. The monoisotopic (exact) mass is 476 g/mol. The Bertz CT molecular complexity index is 770. The maximum Gasteiger partial charge on any atom is 0.312 e. The summed E-state index contributed by atoms with van der Waals surface area (Å²) in [5.74, 6) is -2.26. The van der Waals surface area contributed by atoms with Crippen molar-refractivity contribution in [2.45, 2.75) is 76.0 Å². The first-order valence-electron chi connectivity index (χ1n) is 12.7. The van der Waals surface area contributed by atoms with Gasteiger partial charge in [0.1, 0.15) is 11.6 Å². The standard InChI is InChI=1S/C26H40N2O6/c1-4-7-9-15-27(14-6-3)24(31)22-26-13-12-19(34-26)20(25(32)33-18-10-8-5-2)21(26)23(30)28(22)16-11-17-29/h5-6,19-22,29H,2-4,7-18H2,1H3/t19-,20+,21-,22?,26?/m0/s1. The minimum atomic E-state index is -1.02. The quantitative estimate of drug-likeness (QED) is 0.222. The van der Waals surface area contributed by atoms with E-state index in [1.165, 1.54) is 0 Å². The van der Waals surface area contributed by atoms with Crippen LogP contribution in [0.25, 0.3) is 0 Å². The lowest BCUT2D eigenvalue weighted by Crippen LogP contribution is -2.56. The molecule has 0 aromatic heterocycles. The number of carbonyl (C=O) groups excluding carboxylic acids is 3. The van der Waals surface area contributed by atoms with Gasteiger partial charge in [-0.2, -0.15) is 0 Å². The van der Waals surface area contributed by atoms with E-state index in [0.29, 0.717) is 38.8 Å². The summed E-state index contributed by atoms with van der Waals surface area (Å²) >= 11 is 0. The molecule has 0 radical (unpaired) electrons. The van der Waals surface area contributed by atoms with Crippen molar-refractivity contribution in [1.82, 2.24) is 9.80 Å². The van der Waals surface area contributed by atoms with Gasteiger partial charge >= 0.3 is 5.97 Å². The van der Waals surface area contributed by atoms with Gasteiger partial charge in [0, 0.05) is 26.2 Å². The number of hydrogen-bond acceptors (Lipinski definition) is 6. The van der Waals surface area contributed by atoms with Gasteiger partial charge in [-0.3, -0.25) is 14.4 Å². The second kappa shape index (κ2) is 12.0. The Balaban J connectivity index is 1.88. The highest BCUT2D eigenvalue weighted by atomic mass is 16.6. The average molecular weight is 477 g/mol. The van der Waals surface area contributed by atoms with Crippen LogP contribution in [0.5, 0.6) is 0 Å². The van der Waals surface area contributed by atoms with E-state index in [4.69, 9.17) is 9.47 Å². The van der Waals surface area contributed by atoms with Crippen LogP contribution in [-0.4, -0.2) is 83.3 Å². The largest absolute Gasteiger partial charge is 0.465 e. The fourth-order valence-electron chi connectivity index (χ4n) is 5.85. The molecule has 0 saturated carbocycles. The van der Waals surface area contributed by atoms with Crippen molar-refractivity contribution in [3.8, 4) is 0 Å². The molecule has 1 N–H and O–H groups in total. The van der Waals surface area contributed by atoms with Gasteiger partial charge in [-0.15, -0.1) is 13.2 Å². The number of hydrogen-bond donors (Lipinski definition) is 1. The summed E-state index contributed by atoms with van der Waals surface area (Å²) in [7, 11) is 0. The Labute approximate surface area is 202 Å². The number of amides is 2. The third kappa shape index (κ3) is 4.93. The van der Waals surface area contributed by atoms with Crippen LogP contribution in [-0.2, 0) is 23.9 Å². The van der Waals surface area contributed by atoms with E-state index in [1.54, 1.807) is 22.0 Å². The first-order valence-corrected chi connectivity index (χ1v) is 12.7. The fourth-order valence-corrected chi connectivity index (χ4v) is 5.85. The third-order valence-corrected chi connectivity index (χ3v) is 7.35. The number of carbonyl (C=O) groups is 3. The zero-order chi connectivity index (χ0) is 24.7. The summed E-state index contributed by atoms with van der Waals surface area (Å²) in [5, 5.41) is 9.43. The highest BCUT2D eigenvalue weighted by Crippen LogP contribution is 2.58. The van der Waals surface area contributed by atoms with Crippen molar-refractivity contribution in [3.63, 3.8) is 0 Å². The van der Waals surface area contributed by atoms with Crippen LogP contribution in [0, 0.1) is 11.8 Å². The molecule has 34 heavy (non-hydrogen) atoms. The predicted molar refractivity (Wildman–Crippen MR) is 128 cm³/mol. The highest BCUT2D eigenvalue weighted by Gasteiger charge is 2.74. The molecule has 0 aromatic carbocycles. The van der Waals surface area contributed by atoms with Crippen LogP contribution >= 0.6 is 0 Å².